The smallest absolute Gasteiger partial charge is 0.264 e. The lowest BCUT2D eigenvalue weighted by molar-refractivity contribution is 0.102. The molecule has 0 spiro atoms. The fraction of sp³-hybridized carbons (Fsp3) is 0.269. The first-order valence-electron chi connectivity index (χ1n) is 11.8. The summed E-state index contributed by atoms with van der Waals surface area (Å²) < 4.78 is 55.3. The molecular formula is C26H27N3O5S2. The molecular weight excluding hydrogens is 498 g/mol. The van der Waals surface area contributed by atoms with Gasteiger partial charge in [-0.15, -0.1) is 0 Å². The van der Waals surface area contributed by atoms with E-state index in [4.69, 9.17) is 0 Å². The van der Waals surface area contributed by atoms with Gasteiger partial charge in [0.05, 0.1) is 15.5 Å². The minimum atomic E-state index is -3.88. The summed E-state index contributed by atoms with van der Waals surface area (Å²) in [7, 11) is -7.42. The van der Waals surface area contributed by atoms with Gasteiger partial charge in [-0.3, -0.25) is 9.10 Å². The molecule has 1 saturated heterocycles. The number of nitrogens with zero attached hydrogens (tertiary/aromatic N) is 2. The van der Waals surface area contributed by atoms with E-state index in [0.717, 1.165) is 18.4 Å². The average molecular weight is 526 g/mol. The molecule has 1 N–H and O–H groups in total. The van der Waals surface area contributed by atoms with Gasteiger partial charge in [0.2, 0.25) is 10.0 Å². The molecule has 5 rings (SSSR count). The van der Waals surface area contributed by atoms with E-state index in [0.29, 0.717) is 30.9 Å². The molecule has 3 aromatic carbocycles. The summed E-state index contributed by atoms with van der Waals surface area (Å²) in [5.41, 5.74) is 2.22. The molecule has 1 atom stereocenters. The summed E-state index contributed by atoms with van der Waals surface area (Å²) in [5, 5.41) is 2.72. The number of nitrogens with one attached hydrogen (secondary N) is 1. The molecule has 10 heteroatoms. The van der Waals surface area contributed by atoms with E-state index in [-0.39, 0.29) is 21.4 Å². The quantitative estimate of drug-likeness (QED) is 0.526. The first-order valence-corrected chi connectivity index (χ1v) is 14.7. The first kappa shape index (κ1) is 24.5. The van der Waals surface area contributed by atoms with Crippen molar-refractivity contribution in [2.75, 3.05) is 22.7 Å². The van der Waals surface area contributed by atoms with Gasteiger partial charge in [0.25, 0.3) is 15.9 Å². The predicted octanol–water partition coefficient (Wildman–Crippen LogP) is 3.86. The molecule has 188 valence electrons. The topological polar surface area (TPSA) is 104 Å². The van der Waals surface area contributed by atoms with E-state index < -0.39 is 26.0 Å². The summed E-state index contributed by atoms with van der Waals surface area (Å²) in [6.45, 7) is 2.89. The van der Waals surface area contributed by atoms with Crippen LogP contribution in [0.4, 0.5) is 11.4 Å². The van der Waals surface area contributed by atoms with Crippen LogP contribution in [0.5, 0.6) is 0 Å². The molecule has 1 fully saturated rings. The molecule has 0 unspecified atom stereocenters. The number of carbonyl (C=O) groups is 1. The van der Waals surface area contributed by atoms with Crippen LogP contribution < -0.4 is 9.62 Å². The second-order valence-electron chi connectivity index (χ2n) is 9.10. The van der Waals surface area contributed by atoms with Gasteiger partial charge in [-0.2, -0.15) is 4.31 Å². The van der Waals surface area contributed by atoms with Gasteiger partial charge in [0.15, 0.2) is 0 Å². The summed E-state index contributed by atoms with van der Waals surface area (Å²) >= 11 is 0. The summed E-state index contributed by atoms with van der Waals surface area (Å²) in [5.74, 6) is -0.489. The number of amides is 1. The van der Waals surface area contributed by atoms with Crippen LogP contribution >= 0.6 is 0 Å². The first-order chi connectivity index (χ1) is 17.2. The van der Waals surface area contributed by atoms with Crippen LogP contribution in [0.1, 0.15) is 35.7 Å². The Morgan fingerprint density at radius 3 is 2.25 bits per heavy atom. The number of sulfonamides is 2. The van der Waals surface area contributed by atoms with Crippen LogP contribution in [-0.2, 0) is 26.5 Å². The number of para-hydroxylation sites is 1. The van der Waals surface area contributed by atoms with Crippen molar-refractivity contribution in [1.82, 2.24) is 4.31 Å². The van der Waals surface area contributed by atoms with E-state index in [1.807, 2.05) is 25.1 Å². The van der Waals surface area contributed by atoms with Crippen molar-refractivity contribution in [1.29, 1.82) is 0 Å². The van der Waals surface area contributed by atoms with Crippen molar-refractivity contribution < 1.29 is 21.6 Å². The summed E-state index contributed by atoms with van der Waals surface area (Å²) in [4.78, 5) is 13.1. The molecule has 36 heavy (non-hydrogen) atoms. The van der Waals surface area contributed by atoms with Crippen LogP contribution in [0.3, 0.4) is 0 Å². The van der Waals surface area contributed by atoms with Crippen molar-refractivity contribution in [2.24, 2.45) is 0 Å². The number of hydrogen-bond acceptors (Lipinski definition) is 5. The fourth-order valence-corrected chi connectivity index (χ4v) is 8.06. The predicted molar refractivity (Wildman–Crippen MR) is 138 cm³/mol. The SMILES string of the molecule is C[C@H]1Cc2ccccc2N1S(=O)(=O)c1cccc(C(=O)Nc2ccc(S(=O)(=O)N3CCCC3)cc2)c1. The molecule has 0 radical (unpaired) electrons. The number of carbonyl (C=O) groups excluding carboxylic acids is 1. The maximum atomic E-state index is 13.5. The number of rotatable bonds is 6. The molecule has 2 aliphatic rings. The lowest BCUT2D eigenvalue weighted by Crippen LogP contribution is -2.35. The largest absolute Gasteiger partial charge is 0.322 e. The van der Waals surface area contributed by atoms with Crippen LogP contribution in [0, 0.1) is 0 Å². The third-order valence-electron chi connectivity index (χ3n) is 6.61. The van der Waals surface area contributed by atoms with Gasteiger partial charge in [0.1, 0.15) is 0 Å². The van der Waals surface area contributed by atoms with Crippen LogP contribution in [0.15, 0.2) is 82.6 Å². The highest BCUT2D eigenvalue weighted by Crippen LogP contribution is 2.36. The standard InChI is InChI=1S/C26H27N3O5S2/c1-19-17-20-7-2-3-10-25(20)29(19)36(33,34)24-9-6-8-21(18-24)26(30)27-22-11-13-23(14-12-22)35(31,32)28-15-4-5-16-28/h2-3,6-14,18-19H,4-5,15-17H2,1H3,(H,27,30)/t19-/m0/s1. The maximum absolute atomic E-state index is 13.5. The van der Waals surface area contributed by atoms with Gasteiger partial charge < -0.3 is 5.32 Å². The Bertz CT molecular complexity index is 1510. The Morgan fingerprint density at radius 1 is 0.833 bits per heavy atom. The maximum Gasteiger partial charge on any atom is 0.264 e. The second kappa shape index (κ2) is 9.34. The zero-order chi connectivity index (χ0) is 25.5. The summed E-state index contributed by atoms with van der Waals surface area (Å²) in [6, 6.07) is 19.1. The highest BCUT2D eigenvalue weighted by atomic mass is 32.2. The Balaban J connectivity index is 1.35. The molecule has 0 aromatic heterocycles. The zero-order valence-electron chi connectivity index (χ0n) is 19.8. The number of anilines is 2. The van der Waals surface area contributed by atoms with Gasteiger partial charge in [-0.05, 0) is 80.3 Å². The lowest BCUT2D eigenvalue weighted by Gasteiger charge is -2.24. The second-order valence-corrected chi connectivity index (χ2v) is 12.9. The number of fused-ring (bicyclic) bond motifs is 1. The Kier molecular flexibility index (Phi) is 6.36. The highest BCUT2D eigenvalue weighted by Gasteiger charge is 2.36. The monoisotopic (exact) mass is 525 g/mol. The van der Waals surface area contributed by atoms with E-state index in [1.165, 1.54) is 45.0 Å². The third-order valence-corrected chi connectivity index (χ3v) is 10.4. The highest BCUT2D eigenvalue weighted by molar-refractivity contribution is 7.93. The third kappa shape index (κ3) is 4.40. The molecule has 0 saturated carbocycles. The van der Waals surface area contributed by atoms with E-state index >= 15 is 0 Å². The normalized spacial score (nSPS) is 18.2. The van der Waals surface area contributed by atoms with Gasteiger partial charge in [0, 0.05) is 30.4 Å². The minimum Gasteiger partial charge on any atom is -0.322 e. The Hall–Kier alpha value is -3.21. The van der Waals surface area contributed by atoms with Crippen molar-refractivity contribution >= 4 is 37.3 Å². The molecule has 0 bridgehead atoms. The molecule has 2 aliphatic heterocycles. The van der Waals surface area contributed by atoms with Gasteiger partial charge in [-0.1, -0.05) is 24.3 Å². The Morgan fingerprint density at radius 2 is 1.53 bits per heavy atom. The molecule has 3 aromatic rings. The van der Waals surface area contributed by atoms with Crippen molar-refractivity contribution in [3.8, 4) is 0 Å². The zero-order valence-corrected chi connectivity index (χ0v) is 21.4. The Labute approximate surface area is 211 Å². The van der Waals surface area contributed by atoms with Crippen LogP contribution in [0.25, 0.3) is 0 Å². The minimum absolute atomic E-state index is 0.0331. The van der Waals surface area contributed by atoms with E-state index in [1.54, 1.807) is 18.2 Å². The van der Waals surface area contributed by atoms with Crippen molar-refractivity contribution in [3.05, 3.63) is 83.9 Å². The number of hydrogen-bond donors (Lipinski definition) is 1. The molecule has 1 amide bonds. The fourth-order valence-electron chi connectivity index (χ4n) is 4.81. The average Bonchev–Trinajstić information content (AvgIpc) is 3.52. The van der Waals surface area contributed by atoms with Gasteiger partial charge >= 0.3 is 0 Å². The van der Waals surface area contributed by atoms with E-state index in [9.17, 15) is 21.6 Å². The van der Waals surface area contributed by atoms with Gasteiger partial charge in [-0.25, -0.2) is 16.8 Å². The van der Waals surface area contributed by atoms with Crippen molar-refractivity contribution in [2.45, 2.75) is 42.0 Å². The van der Waals surface area contributed by atoms with E-state index in [2.05, 4.69) is 5.32 Å². The lowest BCUT2D eigenvalue weighted by atomic mass is 10.1. The van der Waals surface area contributed by atoms with Crippen LogP contribution in [0.2, 0.25) is 0 Å². The number of benzene rings is 3. The van der Waals surface area contributed by atoms with Crippen LogP contribution in [-0.4, -0.2) is 46.2 Å². The molecule has 8 nitrogen and oxygen atoms in total. The molecule has 0 aliphatic carbocycles. The summed E-state index contributed by atoms with van der Waals surface area (Å²) in [6.07, 6.45) is 2.33. The van der Waals surface area contributed by atoms with Crippen molar-refractivity contribution in [3.63, 3.8) is 0 Å². The molecule has 2 heterocycles.